The quantitative estimate of drug-likeness (QED) is 0.688. The average Bonchev–Trinajstić information content (AvgIpc) is 2.26. The lowest BCUT2D eigenvalue weighted by atomic mass is 10.1. The van der Waals surface area contributed by atoms with Crippen LogP contribution in [-0.2, 0) is 10.0 Å². The zero-order valence-corrected chi connectivity index (χ0v) is 7.98. The molecule has 1 aromatic carbocycles. The fourth-order valence-corrected chi connectivity index (χ4v) is 2.52. The van der Waals surface area contributed by atoms with Crippen LogP contribution >= 0.6 is 0 Å². The standard InChI is InChI=1S/C8H6FNO3S/c1-4-2-7-5(3-6(4)9)8(11)10-14(7,12)13/h2-3H,1H3,(H,10,11). The number of hydrogen-bond donors (Lipinski definition) is 1. The maximum atomic E-state index is 13.0. The molecule has 1 N–H and O–H groups in total. The third kappa shape index (κ3) is 1.11. The van der Waals surface area contributed by atoms with E-state index >= 15 is 0 Å². The summed E-state index contributed by atoms with van der Waals surface area (Å²) in [6.45, 7) is 1.44. The van der Waals surface area contributed by atoms with Crippen molar-refractivity contribution < 1.29 is 17.6 Å². The van der Waals surface area contributed by atoms with Gasteiger partial charge in [0.2, 0.25) is 0 Å². The van der Waals surface area contributed by atoms with Crippen molar-refractivity contribution in [2.45, 2.75) is 11.8 Å². The average molecular weight is 215 g/mol. The van der Waals surface area contributed by atoms with Crippen LogP contribution in [0.15, 0.2) is 17.0 Å². The number of carbonyl (C=O) groups excluding carboxylic acids is 1. The Balaban J connectivity index is 2.83. The van der Waals surface area contributed by atoms with Gasteiger partial charge in [0.25, 0.3) is 15.9 Å². The molecule has 0 saturated carbocycles. The second kappa shape index (κ2) is 2.54. The smallest absolute Gasteiger partial charge is 0.266 e. The highest BCUT2D eigenvalue weighted by Crippen LogP contribution is 2.24. The third-order valence-electron chi connectivity index (χ3n) is 2.02. The lowest BCUT2D eigenvalue weighted by Crippen LogP contribution is -2.20. The minimum atomic E-state index is -3.76. The van der Waals surface area contributed by atoms with E-state index in [4.69, 9.17) is 0 Å². The van der Waals surface area contributed by atoms with Gasteiger partial charge in [-0.05, 0) is 24.6 Å². The fraction of sp³-hybridized carbons (Fsp3) is 0.125. The van der Waals surface area contributed by atoms with Crippen LogP contribution in [0.4, 0.5) is 4.39 Å². The van der Waals surface area contributed by atoms with Crippen LogP contribution in [0.1, 0.15) is 15.9 Å². The summed E-state index contributed by atoms with van der Waals surface area (Å²) >= 11 is 0. The molecule has 14 heavy (non-hydrogen) atoms. The Kier molecular flexibility index (Phi) is 1.66. The summed E-state index contributed by atoms with van der Waals surface area (Å²) in [5.41, 5.74) is 0.0666. The minimum absolute atomic E-state index is 0.131. The van der Waals surface area contributed by atoms with E-state index in [1.165, 1.54) is 6.92 Å². The van der Waals surface area contributed by atoms with Crippen molar-refractivity contribution in [2.75, 3.05) is 0 Å². The Morgan fingerprint density at radius 3 is 2.64 bits per heavy atom. The highest BCUT2D eigenvalue weighted by Gasteiger charge is 2.33. The lowest BCUT2D eigenvalue weighted by Gasteiger charge is -1.98. The summed E-state index contributed by atoms with van der Waals surface area (Å²) in [6.07, 6.45) is 0. The Labute approximate surface area is 79.8 Å². The second-order valence-electron chi connectivity index (χ2n) is 3.03. The van der Waals surface area contributed by atoms with E-state index < -0.39 is 21.7 Å². The topological polar surface area (TPSA) is 63.2 Å². The van der Waals surface area contributed by atoms with E-state index in [0.717, 1.165) is 12.1 Å². The SMILES string of the molecule is Cc1cc2c(cc1F)C(=O)NS2(=O)=O. The molecule has 0 radical (unpaired) electrons. The number of fused-ring (bicyclic) bond motifs is 1. The van der Waals surface area contributed by atoms with E-state index in [1.54, 1.807) is 4.72 Å². The third-order valence-corrected chi connectivity index (χ3v) is 3.39. The Hall–Kier alpha value is -1.43. The van der Waals surface area contributed by atoms with Gasteiger partial charge in [-0.2, -0.15) is 0 Å². The largest absolute Gasteiger partial charge is 0.268 e. The summed E-state index contributed by atoms with van der Waals surface area (Å²) in [6, 6.07) is 2.09. The van der Waals surface area contributed by atoms with Crippen molar-refractivity contribution in [3.63, 3.8) is 0 Å². The molecule has 0 aromatic heterocycles. The number of rotatable bonds is 0. The first-order valence-electron chi connectivity index (χ1n) is 3.79. The van der Waals surface area contributed by atoms with E-state index in [1.807, 2.05) is 0 Å². The number of amides is 1. The predicted molar refractivity (Wildman–Crippen MR) is 45.8 cm³/mol. The van der Waals surface area contributed by atoms with Gasteiger partial charge < -0.3 is 0 Å². The summed E-state index contributed by atoms with van der Waals surface area (Å²) in [4.78, 5) is 10.9. The van der Waals surface area contributed by atoms with Gasteiger partial charge in [0.15, 0.2) is 0 Å². The fourth-order valence-electron chi connectivity index (χ4n) is 1.29. The van der Waals surface area contributed by atoms with Crippen molar-refractivity contribution in [2.24, 2.45) is 0 Å². The molecule has 4 nitrogen and oxygen atoms in total. The summed E-state index contributed by atoms with van der Waals surface area (Å²) in [5, 5.41) is 0. The zero-order chi connectivity index (χ0) is 10.5. The Morgan fingerprint density at radius 1 is 1.36 bits per heavy atom. The van der Waals surface area contributed by atoms with Crippen LogP contribution in [0.2, 0.25) is 0 Å². The molecule has 2 rings (SSSR count). The molecule has 0 bridgehead atoms. The molecule has 0 aliphatic carbocycles. The van der Waals surface area contributed by atoms with Gasteiger partial charge >= 0.3 is 0 Å². The van der Waals surface area contributed by atoms with Crippen molar-refractivity contribution in [3.8, 4) is 0 Å². The molecule has 74 valence electrons. The van der Waals surface area contributed by atoms with Gasteiger partial charge in [0.1, 0.15) is 10.7 Å². The molecule has 1 amide bonds. The van der Waals surface area contributed by atoms with Crippen LogP contribution in [0.5, 0.6) is 0 Å². The highest BCUT2D eigenvalue weighted by atomic mass is 32.2. The van der Waals surface area contributed by atoms with E-state index in [-0.39, 0.29) is 16.0 Å². The maximum absolute atomic E-state index is 13.0. The normalized spacial score (nSPS) is 17.7. The molecule has 0 saturated heterocycles. The Morgan fingerprint density at radius 2 is 2.00 bits per heavy atom. The van der Waals surface area contributed by atoms with E-state index in [2.05, 4.69) is 0 Å². The van der Waals surface area contributed by atoms with Gasteiger partial charge in [-0.25, -0.2) is 17.5 Å². The first-order valence-corrected chi connectivity index (χ1v) is 5.27. The summed E-state index contributed by atoms with van der Waals surface area (Å²) in [5.74, 6) is -1.37. The number of benzene rings is 1. The predicted octanol–water partition coefficient (Wildman–Crippen LogP) is 0.566. The number of sulfonamides is 1. The van der Waals surface area contributed by atoms with Crippen molar-refractivity contribution >= 4 is 15.9 Å². The summed E-state index contributed by atoms with van der Waals surface area (Å²) in [7, 11) is -3.76. The monoisotopic (exact) mass is 215 g/mol. The van der Waals surface area contributed by atoms with Crippen LogP contribution in [0.3, 0.4) is 0 Å². The number of aryl methyl sites for hydroxylation is 1. The molecule has 1 aromatic rings. The molecule has 1 heterocycles. The molecular formula is C8H6FNO3S. The first kappa shape index (κ1) is 9.14. The molecule has 0 atom stereocenters. The van der Waals surface area contributed by atoms with Gasteiger partial charge in [-0.15, -0.1) is 0 Å². The van der Waals surface area contributed by atoms with Gasteiger partial charge in [-0.3, -0.25) is 4.79 Å². The Bertz CT molecular complexity index is 536. The second-order valence-corrected chi connectivity index (χ2v) is 4.68. The molecule has 0 unspecified atom stereocenters. The van der Waals surface area contributed by atoms with E-state index in [0.29, 0.717) is 0 Å². The number of halogens is 1. The van der Waals surface area contributed by atoms with Crippen molar-refractivity contribution in [1.29, 1.82) is 0 Å². The minimum Gasteiger partial charge on any atom is -0.268 e. The molecule has 1 aliphatic rings. The van der Waals surface area contributed by atoms with Gasteiger partial charge in [0.05, 0.1) is 5.56 Å². The molecule has 0 spiro atoms. The first-order chi connectivity index (χ1) is 6.42. The number of carbonyl (C=O) groups is 1. The lowest BCUT2D eigenvalue weighted by molar-refractivity contribution is 0.0984. The molecule has 6 heteroatoms. The van der Waals surface area contributed by atoms with Crippen molar-refractivity contribution in [3.05, 3.63) is 29.1 Å². The summed E-state index contributed by atoms with van der Waals surface area (Å²) < 4.78 is 37.3. The van der Waals surface area contributed by atoms with Gasteiger partial charge in [0, 0.05) is 0 Å². The molecule has 1 aliphatic heterocycles. The van der Waals surface area contributed by atoms with Crippen LogP contribution in [0, 0.1) is 12.7 Å². The highest BCUT2D eigenvalue weighted by molar-refractivity contribution is 7.90. The molecular weight excluding hydrogens is 209 g/mol. The maximum Gasteiger partial charge on any atom is 0.266 e. The van der Waals surface area contributed by atoms with Gasteiger partial charge in [-0.1, -0.05) is 0 Å². The van der Waals surface area contributed by atoms with Crippen LogP contribution in [0.25, 0.3) is 0 Å². The van der Waals surface area contributed by atoms with E-state index in [9.17, 15) is 17.6 Å². The van der Waals surface area contributed by atoms with Crippen LogP contribution in [-0.4, -0.2) is 14.3 Å². The number of nitrogens with one attached hydrogen (secondary N) is 1. The van der Waals surface area contributed by atoms with Crippen LogP contribution < -0.4 is 4.72 Å². The zero-order valence-electron chi connectivity index (χ0n) is 7.17. The molecule has 0 fully saturated rings. The van der Waals surface area contributed by atoms with Crippen molar-refractivity contribution in [1.82, 2.24) is 4.72 Å². The number of hydrogen-bond acceptors (Lipinski definition) is 3.